The molecule has 2 N–H and O–H groups in total. The number of nitrogens with zero attached hydrogens (tertiary/aromatic N) is 3. The molecule has 3 heterocycles. The van der Waals surface area contributed by atoms with Gasteiger partial charge < -0.3 is 0 Å². The van der Waals surface area contributed by atoms with Gasteiger partial charge in [0.15, 0.2) is 0 Å². The average Bonchev–Trinajstić information content (AvgIpc) is 3.45. The Morgan fingerprint density at radius 3 is 2.45 bits per heavy atom. The van der Waals surface area contributed by atoms with Crippen molar-refractivity contribution in [1.82, 2.24) is 25.4 Å². The highest BCUT2D eigenvalue weighted by atomic mass is 32.1. The van der Waals surface area contributed by atoms with Gasteiger partial charge in [0.25, 0.3) is 11.8 Å². The van der Waals surface area contributed by atoms with Crippen LogP contribution >= 0.6 is 11.3 Å². The van der Waals surface area contributed by atoms with E-state index in [0.717, 1.165) is 10.4 Å². The number of hydrazine groups is 1. The second-order valence-corrected chi connectivity index (χ2v) is 7.04. The quantitative estimate of drug-likeness (QED) is 0.509. The summed E-state index contributed by atoms with van der Waals surface area (Å²) in [7, 11) is 0. The number of hydrogen-bond donors (Lipinski definition) is 2. The van der Waals surface area contributed by atoms with Crippen LogP contribution in [0.4, 0.5) is 4.39 Å². The number of benzene rings is 1. The highest BCUT2D eigenvalue weighted by Crippen LogP contribution is 2.28. The Labute approximate surface area is 168 Å². The topological polar surface area (TPSA) is 88.9 Å². The van der Waals surface area contributed by atoms with Gasteiger partial charge in [0.2, 0.25) is 0 Å². The van der Waals surface area contributed by atoms with Crippen LogP contribution in [0.1, 0.15) is 20.0 Å². The highest BCUT2D eigenvalue weighted by Gasteiger charge is 2.13. The van der Waals surface area contributed by atoms with E-state index in [1.54, 1.807) is 59.7 Å². The van der Waals surface area contributed by atoms with Crippen LogP contribution < -0.4 is 10.9 Å². The zero-order valence-electron chi connectivity index (χ0n) is 14.9. The summed E-state index contributed by atoms with van der Waals surface area (Å²) in [4.78, 5) is 33.9. The molecule has 144 valence electrons. The smallest absolute Gasteiger partial charge is 0.279 e. The number of hydrogen-bond acceptors (Lipinski definition) is 5. The van der Waals surface area contributed by atoms with Crippen LogP contribution in [0, 0.1) is 5.82 Å². The molecule has 0 aliphatic carbocycles. The molecule has 2 amide bonds. The maximum absolute atomic E-state index is 13.0. The minimum Gasteiger partial charge on any atom is -0.291 e. The molecule has 3 aromatic heterocycles. The fraction of sp³-hybridized carbons (Fsp3) is 0. The van der Waals surface area contributed by atoms with Crippen LogP contribution in [0.5, 0.6) is 0 Å². The third-order valence-electron chi connectivity index (χ3n) is 4.03. The molecule has 1 aromatic carbocycles. The van der Waals surface area contributed by atoms with Crippen molar-refractivity contribution < 1.29 is 14.0 Å². The number of nitrogens with one attached hydrogen (secondary N) is 2. The SMILES string of the molecule is O=C(NNC(=O)c1ccc(-c2ccc(F)cc2)s1)c1ccc(-n2ccnc2)nc1. The summed E-state index contributed by atoms with van der Waals surface area (Å²) in [5.74, 6) is -0.633. The first kappa shape index (κ1) is 18.5. The molecule has 0 atom stereocenters. The largest absolute Gasteiger partial charge is 0.291 e. The number of halogens is 1. The summed E-state index contributed by atoms with van der Waals surface area (Å²) in [5.41, 5.74) is 5.86. The Balaban J connectivity index is 1.37. The summed E-state index contributed by atoms with van der Waals surface area (Å²) >= 11 is 1.24. The van der Waals surface area contributed by atoms with Crippen molar-refractivity contribution in [3.63, 3.8) is 0 Å². The molecule has 0 radical (unpaired) electrons. The average molecular weight is 407 g/mol. The second-order valence-electron chi connectivity index (χ2n) is 5.95. The van der Waals surface area contributed by atoms with E-state index in [0.29, 0.717) is 16.3 Å². The van der Waals surface area contributed by atoms with Crippen molar-refractivity contribution in [2.24, 2.45) is 0 Å². The molecule has 29 heavy (non-hydrogen) atoms. The third-order valence-corrected chi connectivity index (χ3v) is 5.16. The van der Waals surface area contributed by atoms with E-state index in [1.165, 1.54) is 29.7 Å². The van der Waals surface area contributed by atoms with Crippen molar-refractivity contribution in [3.05, 3.63) is 89.7 Å². The van der Waals surface area contributed by atoms with Crippen LogP contribution in [0.15, 0.2) is 73.4 Å². The van der Waals surface area contributed by atoms with Gasteiger partial charge in [0, 0.05) is 23.5 Å². The third kappa shape index (κ3) is 4.19. The number of pyridine rings is 1. The van der Waals surface area contributed by atoms with E-state index in [1.807, 2.05) is 0 Å². The number of rotatable bonds is 4. The van der Waals surface area contributed by atoms with Crippen molar-refractivity contribution in [1.29, 1.82) is 0 Å². The lowest BCUT2D eigenvalue weighted by Crippen LogP contribution is -2.41. The van der Waals surface area contributed by atoms with Gasteiger partial charge in [-0.25, -0.2) is 14.4 Å². The van der Waals surface area contributed by atoms with Crippen LogP contribution in [-0.4, -0.2) is 26.3 Å². The Morgan fingerprint density at radius 2 is 1.76 bits per heavy atom. The molecule has 9 heteroatoms. The molecule has 0 fully saturated rings. The molecule has 0 aliphatic rings. The normalized spacial score (nSPS) is 10.5. The van der Waals surface area contributed by atoms with Crippen molar-refractivity contribution in [3.8, 4) is 16.3 Å². The first-order chi connectivity index (χ1) is 14.1. The molecule has 0 bridgehead atoms. The maximum atomic E-state index is 13.0. The van der Waals surface area contributed by atoms with Crippen molar-refractivity contribution >= 4 is 23.2 Å². The Morgan fingerprint density at radius 1 is 0.966 bits per heavy atom. The first-order valence-electron chi connectivity index (χ1n) is 8.51. The van der Waals surface area contributed by atoms with E-state index in [9.17, 15) is 14.0 Å². The zero-order valence-corrected chi connectivity index (χ0v) is 15.7. The molecule has 0 saturated carbocycles. The minimum absolute atomic E-state index is 0.298. The number of amides is 2. The first-order valence-corrected chi connectivity index (χ1v) is 9.32. The fourth-order valence-electron chi connectivity index (χ4n) is 2.54. The van der Waals surface area contributed by atoms with Gasteiger partial charge in [-0.3, -0.25) is 25.0 Å². The predicted octanol–water partition coefficient (Wildman–Crippen LogP) is 3.21. The van der Waals surface area contributed by atoms with Crippen LogP contribution in [-0.2, 0) is 0 Å². The molecule has 4 rings (SSSR count). The molecular formula is C20H14FN5O2S. The highest BCUT2D eigenvalue weighted by molar-refractivity contribution is 7.17. The van der Waals surface area contributed by atoms with Crippen molar-refractivity contribution in [2.75, 3.05) is 0 Å². The lowest BCUT2D eigenvalue weighted by Gasteiger charge is -2.07. The Hall–Kier alpha value is -3.85. The number of carbonyl (C=O) groups is 2. The van der Waals surface area contributed by atoms with Crippen molar-refractivity contribution in [2.45, 2.75) is 0 Å². The summed E-state index contributed by atoms with van der Waals surface area (Å²) in [6.07, 6.45) is 6.38. The van der Waals surface area contributed by atoms with E-state index in [2.05, 4.69) is 20.8 Å². The van der Waals surface area contributed by atoms with Gasteiger partial charge >= 0.3 is 0 Å². The number of aromatic nitrogens is 3. The summed E-state index contributed by atoms with van der Waals surface area (Å²) in [5, 5.41) is 0. The summed E-state index contributed by atoms with van der Waals surface area (Å²) in [6.45, 7) is 0. The lowest BCUT2D eigenvalue weighted by atomic mass is 10.2. The van der Waals surface area contributed by atoms with Gasteiger partial charge in [0.1, 0.15) is 18.0 Å². The minimum atomic E-state index is -0.488. The predicted molar refractivity (Wildman–Crippen MR) is 106 cm³/mol. The molecule has 4 aromatic rings. The zero-order chi connectivity index (χ0) is 20.2. The maximum Gasteiger partial charge on any atom is 0.279 e. The van der Waals surface area contributed by atoms with Crippen LogP contribution in [0.2, 0.25) is 0 Å². The number of carbonyl (C=O) groups excluding carboxylic acids is 2. The monoisotopic (exact) mass is 407 g/mol. The summed E-state index contributed by atoms with van der Waals surface area (Å²) in [6, 6.07) is 12.7. The number of imidazole rings is 1. The van der Waals surface area contributed by atoms with Gasteiger partial charge in [-0.15, -0.1) is 11.3 Å². The standard InChI is InChI=1S/C20H14FN5O2S/c21-15-4-1-13(2-5-15)16-6-7-17(29-16)20(28)25-24-19(27)14-3-8-18(23-11-14)26-10-9-22-12-26/h1-12H,(H,24,27)(H,25,28). The van der Waals surface area contributed by atoms with Crippen LogP contribution in [0.25, 0.3) is 16.3 Å². The second kappa shape index (κ2) is 8.03. The molecule has 0 saturated heterocycles. The van der Waals surface area contributed by atoms with E-state index in [4.69, 9.17) is 0 Å². The molecule has 0 spiro atoms. The summed E-state index contributed by atoms with van der Waals surface area (Å²) < 4.78 is 14.7. The molecular weight excluding hydrogens is 393 g/mol. The lowest BCUT2D eigenvalue weighted by molar-refractivity contribution is 0.0848. The van der Waals surface area contributed by atoms with Gasteiger partial charge in [-0.05, 0) is 42.0 Å². The number of thiophene rings is 1. The van der Waals surface area contributed by atoms with Gasteiger partial charge in [-0.2, -0.15) is 0 Å². The fourth-order valence-corrected chi connectivity index (χ4v) is 3.45. The van der Waals surface area contributed by atoms with E-state index < -0.39 is 11.8 Å². The Kier molecular flexibility index (Phi) is 5.12. The van der Waals surface area contributed by atoms with Gasteiger partial charge in [0.05, 0.1) is 10.4 Å². The molecule has 0 unspecified atom stereocenters. The van der Waals surface area contributed by atoms with E-state index in [-0.39, 0.29) is 5.82 Å². The van der Waals surface area contributed by atoms with E-state index >= 15 is 0 Å². The Bertz CT molecular complexity index is 1140. The van der Waals surface area contributed by atoms with Gasteiger partial charge in [-0.1, -0.05) is 12.1 Å². The van der Waals surface area contributed by atoms with Crippen LogP contribution in [0.3, 0.4) is 0 Å². The molecule has 7 nitrogen and oxygen atoms in total. The molecule has 0 aliphatic heterocycles.